The number of guanidine groups is 1. The topological polar surface area (TPSA) is 209 Å². The molecule has 0 aliphatic carbocycles. The van der Waals surface area contributed by atoms with E-state index < -0.39 is 18.0 Å². The Labute approximate surface area is 124 Å². The largest absolute Gasteiger partial charge is 0.480 e. The molecule has 0 heterocycles. The van der Waals surface area contributed by atoms with Crippen LogP contribution in [-0.2, 0) is 4.79 Å². The predicted molar refractivity (Wildman–Crippen MR) is 81.4 cm³/mol. The van der Waals surface area contributed by atoms with Crippen molar-refractivity contribution < 1.29 is 14.7 Å². The molecule has 2 amide bonds. The molecule has 12 N–H and O–H groups in total. The lowest BCUT2D eigenvalue weighted by atomic mass is 10.2. The molecule has 10 heteroatoms. The summed E-state index contributed by atoms with van der Waals surface area (Å²) in [6, 6.07) is -1.47. The van der Waals surface area contributed by atoms with Gasteiger partial charge in [-0.05, 0) is 32.2 Å². The van der Waals surface area contributed by atoms with Crippen LogP contribution in [0.3, 0.4) is 0 Å². The van der Waals surface area contributed by atoms with Gasteiger partial charge in [-0.15, -0.1) is 0 Å². The number of amides is 2. The highest BCUT2D eigenvalue weighted by atomic mass is 16.4. The number of unbranched alkanes of at least 4 members (excludes halogenated alkanes) is 1. The molecule has 21 heavy (non-hydrogen) atoms. The highest BCUT2D eigenvalue weighted by molar-refractivity contribution is 5.75. The summed E-state index contributed by atoms with van der Waals surface area (Å²) in [5.41, 5.74) is 25.3. The van der Waals surface area contributed by atoms with Crippen molar-refractivity contribution in [1.29, 1.82) is 0 Å². The van der Waals surface area contributed by atoms with Crippen molar-refractivity contribution in [3.8, 4) is 0 Å². The fourth-order valence-electron chi connectivity index (χ4n) is 1.12. The number of carboxylic acids is 1. The Morgan fingerprint density at radius 3 is 2.19 bits per heavy atom. The number of nitrogens with two attached hydrogens (primary N) is 5. The molecule has 0 spiro atoms. The number of primary amides is 1. The van der Waals surface area contributed by atoms with Gasteiger partial charge >= 0.3 is 12.0 Å². The van der Waals surface area contributed by atoms with E-state index in [2.05, 4.69) is 10.3 Å². The van der Waals surface area contributed by atoms with Crippen molar-refractivity contribution in [1.82, 2.24) is 5.32 Å². The molecule has 0 rings (SSSR count). The summed E-state index contributed by atoms with van der Waals surface area (Å²) in [7, 11) is 0. The highest BCUT2D eigenvalue weighted by Crippen LogP contribution is 1.92. The standard InChI is InChI=1S/C6H13N3O3.C5H14N4/c7-4(5(10)11)2-1-3-9-6(8)12;6-3-1-2-4-9-5(7)8/h4H,1-3,7H2,(H,10,11)(H3,8,9,12);1-4,6H2,(H4,7,8,9)/t4-;/m0./s1. The van der Waals surface area contributed by atoms with E-state index in [0.29, 0.717) is 32.5 Å². The van der Waals surface area contributed by atoms with Crippen LogP contribution in [0.25, 0.3) is 0 Å². The van der Waals surface area contributed by atoms with E-state index in [1.165, 1.54) is 0 Å². The molecule has 0 aliphatic rings. The zero-order chi connectivity index (χ0) is 16.7. The van der Waals surface area contributed by atoms with Crippen molar-refractivity contribution in [2.45, 2.75) is 31.7 Å². The number of hydrogen-bond acceptors (Lipinski definition) is 5. The maximum Gasteiger partial charge on any atom is 0.320 e. The van der Waals surface area contributed by atoms with Crippen LogP contribution in [0.4, 0.5) is 4.79 Å². The first-order valence-corrected chi connectivity index (χ1v) is 6.58. The second kappa shape index (κ2) is 14.3. The van der Waals surface area contributed by atoms with Gasteiger partial charge in [-0.3, -0.25) is 9.79 Å². The van der Waals surface area contributed by atoms with E-state index in [4.69, 9.17) is 33.8 Å². The average molecular weight is 305 g/mol. The van der Waals surface area contributed by atoms with Gasteiger partial charge in [-0.1, -0.05) is 0 Å². The minimum atomic E-state index is -1.03. The number of aliphatic carboxylic acids is 1. The van der Waals surface area contributed by atoms with Crippen LogP contribution in [0.1, 0.15) is 25.7 Å². The van der Waals surface area contributed by atoms with Crippen molar-refractivity contribution in [3.63, 3.8) is 0 Å². The van der Waals surface area contributed by atoms with Crippen LogP contribution in [-0.4, -0.2) is 48.7 Å². The molecule has 0 aromatic carbocycles. The summed E-state index contributed by atoms with van der Waals surface area (Å²) >= 11 is 0. The maximum absolute atomic E-state index is 10.2. The zero-order valence-electron chi connectivity index (χ0n) is 12.1. The third kappa shape index (κ3) is 20.4. The van der Waals surface area contributed by atoms with Gasteiger partial charge < -0.3 is 39.1 Å². The summed E-state index contributed by atoms with van der Waals surface area (Å²) in [5, 5.41) is 10.7. The number of hydrogen-bond donors (Lipinski definition) is 7. The lowest BCUT2D eigenvalue weighted by molar-refractivity contribution is -0.138. The van der Waals surface area contributed by atoms with Gasteiger partial charge in [0.15, 0.2) is 5.96 Å². The minimum Gasteiger partial charge on any atom is -0.480 e. The Balaban J connectivity index is 0. The average Bonchev–Trinajstić information content (AvgIpc) is 2.39. The monoisotopic (exact) mass is 305 g/mol. The van der Waals surface area contributed by atoms with Gasteiger partial charge in [0.1, 0.15) is 6.04 Å². The molecular weight excluding hydrogens is 278 g/mol. The van der Waals surface area contributed by atoms with Crippen LogP contribution in [0.2, 0.25) is 0 Å². The Bertz CT molecular complexity index is 319. The summed E-state index contributed by atoms with van der Waals surface area (Å²) in [6.07, 6.45) is 2.79. The Morgan fingerprint density at radius 2 is 1.76 bits per heavy atom. The number of carboxylic acid groups (broad SMARTS) is 1. The lowest BCUT2D eigenvalue weighted by Gasteiger charge is -2.05. The molecule has 10 nitrogen and oxygen atoms in total. The van der Waals surface area contributed by atoms with Crippen LogP contribution in [0.15, 0.2) is 4.99 Å². The lowest BCUT2D eigenvalue weighted by Crippen LogP contribution is -2.33. The molecule has 1 atom stereocenters. The number of carbonyl (C=O) groups is 2. The minimum absolute atomic E-state index is 0.159. The van der Waals surface area contributed by atoms with Gasteiger partial charge in [0.2, 0.25) is 0 Å². The molecule has 0 saturated carbocycles. The second-order valence-corrected chi connectivity index (χ2v) is 4.18. The van der Waals surface area contributed by atoms with E-state index >= 15 is 0 Å². The number of aliphatic imine (C=N–C) groups is 1. The molecule has 0 aliphatic heterocycles. The Hall–Kier alpha value is -2.07. The van der Waals surface area contributed by atoms with Crippen LogP contribution in [0, 0.1) is 0 Å². The first-order chi connectivity index (χ1) is 9.81. The fraction of sp³-hybridized carbons (Fsp3) is 0.727. The maximum atomic E-state index is 10.2. The number of urea groups is 1. The van der Waals surface area contributed by atoms with Crippen LogP contribution >= 0.6 is 0 Å². The molecule has 0 saturated heterocycles. The first-order valence-electron chi connectivity index (χ1n) is 6.58. The summed E-state index contributed by atoms with van der Waals surface area (Å²) in [4.78, 5) is 24.1. The second-order valence-electron chi connectivity index (χ2n) is 4.18. The van der Waals surface area contributed by atoms with Crippen molar-refractivity contribution in [2.24, 2.45) is 33.7 Å². The summed E-state index contributed by atoms with van der Waals surface area (Å²) in [5.74, 6) is -0.874. The molecule has 0 aromatic heterocycles. The number of carbonyl (C=O) groups excluding carboxylic acids is 1. The van der Waals surface area contributed by atoms with Crippen molar-refractivity contribution in [2.75, 3.05) is 19.6 Å². The number of nitrogens with zero attached hydrogens (tertiary/aromatic N) is 1. The molecule has 0 fully saturated rings. The van der Waals surface area contributed by atoms with E-state index in [1.54, 1.807) is 0 Å². The molecule has 124 valence electrons. The predicted octanol–water partition coefficient (Wildman–Crippen LogP) is -2.15. The number of nitrogens with one attached hydrogen (secondary N) is 1. The quantitative estimate of drug-likeness (QED) is 0.142. The van der Waals surface area contributed by atoms with Gasteiger partial charge in [0, 0.05) is 13.1 Å². The summed E-state index contributed by atoms with van der Waals surface area (Å²) in [6.45, 7) is 1.76. The molecular formula is C11H27N7O3. The van der Waals surface area contributed by atoms with Gasteiger partial charge in [-0.2, -0.15) is 0 Å². The van der Waals surface area contributed by atoms with Gasteiger partial charge in [0.05, 0.1) is 0 Å². The molecule has 0 radical (unpaired) electrons. The normalized spacial score (nSPS) is 10.8. The Morgan fingerprint density at radius 1 is 1.14 bits per heavy atom. The van der Waals surface area contributed by atoms with Gasteiger partial charge in [0.25, 0.3) is 0 Å². The third-order valence-corrected chi connectivity index (χ3v) is 2.21. The highest BCUT2D eigenvalue weighted by Gasteiger charge is 2.09. The first kappa shape index (κ1) is 21.2. The van der Waals surface area contributed by atoms with E-state index in [-0.39, 0.29) is 5.96 Å². The molecule has 0 unspecified atom stereocenters. The van der Waals surface area contributed by atoms with E-state index in [9.17, 15) is 9.59 Å². The van der Waals surface area contributed by atoms with E-state index in [1.807, 2.05) is 0 Å². The number of rotatable bonds is 9. The smallest absolute Gasteiger partial charge is 0.320 e. The Kier molecular flexibility index (Phi) is 14.5. The van der Waals surface area contributed by atoms with E-state index in [0.717, 1.165) is 12.8 Å². The van der Waals surface area contributed by atoms with Crippen LogP contribution < -0.4 is 34.0 Å². The van der Waals surface area contributed by atoms with Crippen molar-refractivity contribution >= 4 is 18.0 Å². The van der Waals surface area contributed by atoms with Crippen molar-refractivity contribution in [3.05, 3.63) is 0 Å². The fourth-order valence-corrected chi connectivity index (χ4v) is 1.12. The molecule has 0 bridgehead atoms. The SMILES string of the molecule is NC(=O)NCCC[C@H](N)C(=O)O.NCCCCN=C(N)N. The zero-order valence-corrected chi connectivity index (χ0v) is 12.1. The summed E-state index contributed by atoms with van der Waals surface area (Å²) < 4.78 is 0. The molecule has 0 aromatic rings. The third-order valence-electron chi connectivity index (χ3n) is 2.21. The van der Waals surface area contributed by atoms with Gasteiger partial charge in [-0.25, -0.2) is 4.79 Å². The van der Waals surface area contributed by atoms with Crippen LogP contribution in [0.5, 0.6) is 0 Å².